The highest BCUT2D eigenvalue weighted by atomic mass is 127. The van der Waals surface area contributed by atoms with Gasteiger partial charge in [-0.1, -0.05) is 61.4 Å². The first-order valence-electron chi connectivity index (χ1n) is 10.8. The molecule has 0 saturated carbocycles. The number of carbonyl (C=O) groups is 1. The summed E-state index contributed by atoms with van der Waals surface area (Å²) in [5.41, 5.74) is 1.59. The SMILES string of the molecule is CC(C)(C)[C@H](O)c1cc(-c2noc(C(CCCOCc3ccccc3)CC(=O)O)c2I)no1. The third-order valence-electron chi connectivity index (χ3n) is 5.26. The first-order valence-corrected chi connectivity index (χ1v) is 11.9. The molecule has 8 nitrogen and oxygen atoms in total. The van der Waals surface area contributed by atoms with Crippen molar-refractivity contribution in [1.82, 2.24) is 10.3 Å². The average Bonchev–Trinajstić information content (AvgIpc) is 3.38. The summed E-state index contributed by atoms with van der Waals surface area (Å²) in [4.78, 5) is 11.5. The number of aliphatic hydroxyl groups is 1. The molecule has 2 heterocycles. The van der Waals surface area contributed by atoms with E-state index in [0.717, 1.165) is 5.56 Å². The normalized spacial score (nSPS) is 13.7. The van der Waals surface area contributed by atoms with Crippen LogP contribution in [0.3, 0.4) is 0 Å². The van der Waals surface area contributed by atoms with Gasteiger partial charge in [0.25, 0.3) is 0 Å². The number of aromatic nitrogens is 2. The Morgan fingerprint density at radius 2 is 1.91 bits per heavy atom. The van der Waals surface area contributed by atoms with E-state index in [9.17, 15) is 15.0 Å². The second-order valence-electron chi connectivity index (χ2n) is 9.07. The zero-order valence-electron chi connectivity index (χ0n) is 19.0. The lowest BCUT2D eigenvalue weighted by Crippen LogP contribution is -2.17. The average molecular weight is 568 g/mol. The molecule has 0 aliphatic rings. The summed E-state index contributed by atoms with van der Waals surface area (Å²) in [6.07, 6.45) is 0.371. The second kappa shape index (κ2) is 11.3. The molecule has 2 atom stereocenters. The monoisotopic (exact) mass is 568 g/mol. The van der Waals surface area contributed by atoms with Gasteiger partial charge < -0.3 is 24.0 Å². The number of rotatable bonds is 11. The van der Waals surface area contributed by atoms with Crippen molar-refractivity contribution in [3.05, 3.63) is 57.1 Å². The zero-order valence-corrected chi connectivity index (χ0v) is 21.1. The summed E-state index contributed by atoms with van der Waals surface area (Å²) in [6.45, 7) is 6.73. The molecule has 3 rings (SSSR count). The molecule has 2 aromatic heterocycles. The van der Waals surface area contributed by atoms with E-state index in [1.807, 2.05) is 51.1 Å². The van der Waals surface area contributed by atoms with Crippen molar-refractivity contribution in [2.75, 3.05) is 6.61 Å². The lowest BCUT2D eigenvalue weighted by atomic mass is 9.87. The van der Waals surface area contributed by atoms with Crippen molar-refractivity contribution in [3.8, 4) is 11.4 Å². The molecule has 1 unspecified atom stereocenters. The van der Waals surface area contributed by atoms with Crippen molar-refractivity contribution in [2.24, 2.45) is 5.41 Å². The van der Waals surface area contributed by atoms with E-state index < -0.39 is 17.5 Å². The number of hydrogen-bond donors (Lipinski definition) is 2. The Kier molecular flexibility index (Phi) is 8.66. The van der Waals surface area contributed by atoms with Crippen molar-refractivity contribution >= 4 is 28.6 Å². The van der Waals surface area contributed by atoms with Gasteiger partial charge in [0.15, 0.2) is 11.5 Å². The van der Waals surface area contributed by atoms with Crippen molar-refractivity contribution in [1.29, 1.82) is 0 Å². The van der Waals surface area contributed by atoms with E-state index in [1.165, 1.54) is 0 Å². The molecule has 3 aromatic rings. The second-order valence-corrected chi connectivity index (χ2v) is 10.1. The molecule has 178 valence electrons. The Hall–Kier alpha value is -2.24. The topological polar surface area (TPSA) is 119 Å². The van der Waals surface area contributed by atoms with E-state index >= 15 is 0 Å². The van der Waals surface area contributed by atoms with Gasteiger partial charge in [-0.25, -0.2) is 0 Å². The number of carboxylic acids is 1. The molecule has 0 amide bonds. The van der Waals surface area contributed by atoms with Gasteiger partial charge in [-0.15, -0.1) is 0 Å². The zero-order chi connectivity index (χ0) is 24.0. The number of carboxylic acid groups (broad SMARTS) is 1. The van der Waals surface area contributed by atoms with Crippen LogP contribution in [0.4, 0.5) is 0 Å². The lowest BCUT2D eigenvalue weighted by Gasteiger charge is -2.22. The van der Waals surface area contributed by atoms with Gasteiger partial charge in [-0.3, -0.25) is 4.79 Å². The summed E-state index contributed by atoms with van der Waals surface area (Å²) in [7, 11) is 0. The molecule has 0 saturated heterocycles. The number of halogens is 1. The summed E-state index contributed by atoms with van der Waals surface area (Å²) < 4.78 is 17.3. The van der Waals surface area contributed by atoms with Crippen LogP contribution in [0.5, 0.6) is 0 Å². The number of hydrogen-bond acceptors (Lipinski definition) is 7. The summed E-state index contributed by atoms with van der Waals surface area (Å²) in [5.74, 6) is -0.397. The minimum absolute atomic E-state index is 0.0733. The van der Waals surface area contributed by atoms with Gasteiger partial charge in [0.05, 0.1) is 16.6 Å². The van der Waals surface area contributed by atoms with Crippen molar-refractivity contribution < 1.29 is 28.8 Å². The molecule has 0 spiro atoms. The third kappa shape index (κ3) is 6.87. The van der Waals surface area contributed by atoms with Crippen LogP contribution in [0, 0.1) is 8.99 Å². The predicted molar refractivity (Wildman–Crippen MR) is 129 cm³/mol. The Morgan fingerprint density at radius 3 is 2.58 bits per heavy atom. The fourth-order valence-electron chi connectivity index (χ4n) is 3.39. The maximum Gasteiger partial charge on any atom is 0.304 e. The van der Waals surface area contributed by atoms with Crippen LogP contribution in [-0.4, -0.2) is 33.1 Å². The Labute approximate surface area is 206 Å². The van der Waals surface area contributed by atoms with E-state index in [1.54, 1.807) is 6.07 Å². The first-order chi connectivity index (χ1) is 15.7. The molecule has 1 aromatic carbocycles. The molecule has 9 heteroatoms. The molecular weight excluding hydrogens is 539 g/mol. The molecule has 33 heavy (non-hydrogen) atoms. The minimum Gasteiger partial charge on any atom is -0.481 e. The van der Waals surface area contributed by atoms with Gasteiger partial charge in [0.1, 0.15) is 17.5 Å². The lowest BCUT2D eigenvalue weighted by molar-refractivity contribution is -0.137. The molecule has 0 aliphatic carbocycles. The first kappa shape index (κ1) is 25.4. The highest BCUT2D eigenvalue weighted by Gasteiger charge is 2.30. The van der Waals surface area contributed by atoms with Crippen molar-refractivity contribution in [3.63, 3.8) is 0 Å². The summed E-state index contributed by atoms with van der Waals surface area (Å²) in [5, 5.41) is 28.0. The highest BCUT2D eigenvalue weighted by Crippen LogP contribution is 2.37. The van der Waals surface area contributed by atoms with Crippen LogP contribution in [0.15, 0.2) is 45.4 Å². The summed E-state index contributed by atoms with van der Waals surface area (Å²) in [6, 6.07) is 11.5. The van der Waals surface area contributed by atoms with Gasteiger partial charge in [-0.2, -0.15) is 0 Å². The standard InChI is InChI=1S/C24H29IN2O6/c1-24(2,3)23(30)18-13-17(26-32-18)21-20(25)22(33-27-21)16(12-19(28)29)10-7-11-31-14-15-8-5-4-6-9-15/h4-6,8-9,13,16,23,30H,7,10-12,14H2,1-3H3,(H,28,29)/t16?,23-/m1/s1. The van der Waals surface area contributed by atoms with Crippen LogP contribution in [0.2, 0.25) is 0 Å². The number of nitrogens with zero attached hydrogens (tertiary/aromatic N) is 2. The Bertz CT molecular complexity index is 1040. The Morgan fingerprint density at radius 1 is 1.18 bits per heavy atom. The molecule has 2 N–H and O–H groups in total. The fraction of sp³-hybridized carbons (Fsp3) is 0.458. The fourth-order valence-corrected chi connectivity index (χ4v) is 4.31. The molecule has 0 bridgehead atoms. The van der Waals surface area contributed by atoms with Gasteiger partial charge >= 0.3 is 5.97 Å². The van der Waals surface area contributed by atoms with Gasteiger partial charge in [-0.05, 0) is 46.4 Å². The van der Waals surface area contributed by atoms with Crippen LogP contribution in [0.1, 0.15) is 69.1 Å². The quantitative estimate of drug-likeness (QED) is 0.228. The number of aliphatic hydroxyl groups excluding tert-OH is 1. The van der Waals surface area contributed by atoms with E-state index in [4.69, 9.17) is 13.8 Å². The van der Waals surface area contributed by atoms with Crippen LogP contribution in [-0.2, 0) is 16.1 Å². The highest BCUT2D eigenvalue weighted by molar-refractivity contribution is 14.1. The van der Waals surface area contributed by atoms with Crippen LogP contribution >= 0.6 is 22.6 Å². The smallest absolute Gasteiger partial charge is 0.304 e. The number of benzene rings is 1. The molecular formula is C24H29IN2O6. The predicted octanol–water partition coefficient (Wildman–Crippen LogP) is 5.57. The molecule has 0 radical (unpaired) electrons. The van der Waals surface area contributed by atoms with Gasteiger partial charge in [0.2, 0.25) is 0 Å². The van der Waals surface area contributed by atoms with E-state index in [-0.39, 0.29) is 12.3 Å². The minimum atomic E-state index is -0.907. The van der Waals surface area contributed by atoms with Gasteiger partial charge in [0, 0.05) is 18.6 Å². The third-order valence-corrected chi connectivity index (χ3v) is 6.31. The van der Waals surface area contributed by atoms with Crippen LogP contribution < -0.4 is 0 Å². The maximum atomic E-state index is 11.5. The van der Waals surface area contributed by atoms with E-state index in [2.05, 4.69) is 32.9 Å². The summed E-state index contributed by atoms with van der Waals surface area (Å²) >= 11 is 2.10. The molecule has 0 fully saturated rings. The maximum absolute atomic E-state index is 11.5. The largest absolute Gasteiger partial charge is 0.481 e. The Balaban J connectivity index is 1.66. The van der Waals surface area contributed by atoms with E-state index in [0.29, 0.717) is 52.5 Å². The van der Waals surface area contributed by atoms with Crippen LogP contribution in [0.25, 0.3) is 11.4 Å². The molecule has 0 aliphatic heterocycles. The van der Waals surface area contributed by atoms with Crippen molar-refractivity contribution in [2.45, 2.75) is 58.7 Å². The number of ether oxygens (including phenoxy) is 1. The number of aliphatic carboxylic acids is 1.